The molecule has 0 atom stereocenters. The molecule has 8 nitrogen and oxygen atoms in total. The minimum atomic E-state index is -4.71. The first-order valence-electron chi connectivity index (χ1n) is 9.74. The molecule has 34 heavy (non-hydrogen) atoms. The van der Waals surface area contributed by atoms with E-state index in [1.807, 2.05) is 0 Å². The molecule has 1 aromatic carbocycles. The zero-order chi connectivity index (χ0) is 24.9. The van der Waals surface area contributed by atoms with Crippen LogP contribution in [-0.4, -0.2) is 41.0 Å². The molecule has 0 saturated heterocycles. The van der Waals surface area contributed by atoms with Gasteiger partial charge in [-0.1, -0.05) is 0 Å². The fraction of sp³-hybridized carbons (Fsp3) is 0.286. The summed E-state index contributed by atoms with van der Waals surface area (Å²) in [6, 6.07) is 7.30. The molecule has 0 amide bonds. The smallest absolute Gasteiger partial charge is 0.433 e. The summed E-state index contributed by atoms with van der Waals surface area (Å²) < 4.78 is 78.7. The largest absolute Gasteiger partial charge is 0.467 e. The molecule has 3 heterocycles. The van der Waals surface area contributed by atoms with E-state index in [4.69, 9.17) is 4.74 Å². The van der Waals surface area contributed by atoms with Crippen molar-refractivity contribution >= 4 is 48.6 Å². The van der Waals surface area contributed by atoms with E-state index in [2.05, 4.69) is 14.7 Å². The van der Waals surface area contributed by atoms with E-state index < -0.39 is 40.1 Å². The number of carbonyl (C=O) groups is 1. The molecule has 0 unspecified atom stereocenters. The van der Waals surface area contributed by atoms with Crippen molar-refractivity contribution in [3.05, 3.63) is 53.3 Å². The normalized spacial score (nSPS) is 13.0. The van der Waals surface area contributed by atoms with Crippen molar-refractivity contribution in [2.24, 2.45) is 0 Å². The standard InChI is InChI=1S/C21H18F3N3O5S2/c1-20(2,19(28)31-3)32-10-12-8-15-16(6-7-18(26-15)21(22,23)24)27(12)34(29,30)13-4-5-14-17(9-13)33-11-25-14/h4-9,11H,10H2,1-3H3. The first kappa shape index (κ1) is 24.1. The zero-order valence-corrected chi connectivity index (χ0v) is 19.7. The lowest BCUT2D eigenvalue weighted by Crippen LogP contribution is -2.36. The molecular weight excluding hydrogens is 495 g/mol. The maximum absolute atomic E-state index is 13.6. The number of hydrogen-bond acceptors (Lipinski definition) is 8. The maximum atomic E-state index is 13.6. The Morgan fingerprint density at radius 1 is 1.12 bits per heavy atom. The Labute approximate surface area is 196 Å². The Morgan fingerprint density at radius 2 is 1.85 bits per heavy atom. The lowest BCUT2D eigenvalue weighted by Gasteiger charge is -2.22. The first-order valence-corrected chi connectivity index (χ1v) is 12.1. The molecule has 0 saturated carbocycles. The van der Waals surface area contributed by atoms with Gasteiger partial charge in [0.2, 0.25) is 0 Å². The summed E-state index contributed by atoms with van der Waals surface area (Å²) >= 11 is 1.25. The predicted octanol–water partition coefficient (Wildman–Crippen LogP) is 4.37. The second-order valence-electron chi connectivity index (χ2n) is 7.78. The number of thiazole rings is 1. The highest BCUT2D eigenvalue weighted by Gasteiger charge is 2.35. The molecule has 0 spiro atoms. The molecule has 4 aromatic rings. The van der Waals surface area contributed by atoms with E-state index in [1.54, 1.807) is 11.6 Å². The zero-order valence-electron chi connectivity index (χ0n) is 18.1. The molecule has 4 rings (SSSR count). The van der Waals surface area contributed by atoms with Crippen molar-refractivity contribution in [2.45, 2.75) is 37.1 Å². The SMILES string of the molecule is COC(=O)C(C)(C)OCc1cc2nc(C(F)(F)F)ccc2n1S(=O)(=O)c1ccc2ncsc2c1. The van der Waals surface area contributed by atoms with Crippen LogP contribution < -0.4 is 0 Å². The van der Waals surface area contributed by atoms with Crippen molar-refractivity contribution in [3.8, 4) is 0 Å². The minimum absolute atomic E-state index is 0.0109. The molecule has 0 aliphatic heterocycles. The average molecular weight is 514 g/mol. The topological polar surface area (TPSA) is 100 Å². The van der Waals surface area contributed by atoms with Gasteiger partial charge in [0, 0.05) is 0 Å². The van der Waals surface area contributed by atoms with Crippen LogP contribution in [0.2, 0.25) is 0 Å². The molecule has 180 valence electrons. The van der Waals surface area contributed by atoms with Crippen molar-refractivity contribution in [2.75, 3.05) is 7.11 Å². The van der Waals surface area contributed by atoms with E-state index in [1.165, 1.54) is 50.5 Å². The average Bonchev–Trinajstić information content (AvgIpc) is 3.39. The highest BCUT2D eigenvalue weighted by molar-refractivity contribution is 7.90. The van der Waals surface area contributed by atoms with Gasteiger partial charge in [-0.25, -0.2) is 27.2 Å². The number of methoxy groups -OCH3 is 1. The Hall–Kier alpha value is -3.03. The van der Waals surface area contributed by atoms with Crippen molar-refractivity contribution < 1.29 is 35.9 Å². The summed E-state index contributed by atoms with van der Waals surface area (Å²) in [4.78, 5) is 19.6. The van der Waals surface area contributed by atoms with Crippen LogP contribution in [0.1, 0.15) is 25.2 Å². The van der Waals surface area contributed by atoms with Crippen LogP contribution in [0.3, 0.4) is 0 Å². The number of esters is 1. The molecular formula is C21H18F3N3O5S2. The van der Waals surface area contributed by atoms with Crippen molar-refractivity contribution in [1.29, 1.82) is 0 Å². The van der Waals surface area contributed by atoms with E-state index in [9.17, 15) is 26.4 Å². The fourth-order valence-corrected chi connectivity index (χ4v) is 5.66. The number of rotatable bonds is 6. The number of carbonyl (C=O) groups excluding carboxylic acids is 1. The number of halogens is 3. The third kappa shape index (κ3) is 4.26. The maximum Gasteiger partial charge on any atom is 0.433 e. The van der Waals surface area contributed by atoms with Crippen molar-refractivity contribution in [3.63, 3.8) is 0 Å². The van der Waals surface area contributed by atoms with Gasteiger partial charge in [0.25, 0.3) is 10.0 Å². The highest BCUT2D eigenvalue weighted by Crippen LogP contribution is 2.33. The van der Waals surface area contributed by atoms with Crippen LogP contribution in [0.25, 0.3) is 21.3 Å². The van der Waals surface area contributed by atoms with Gasteiger partial charge in [0.1, 0.15) is 5.69 Å². The Balaban J connectivity index is 1.88. The van der Waals surface area contributed by atoms with E-state index in [0.29, 0.717) is 16.3 Å². The van der Waals surface area contributed by atoms with Crippen molar-refractivity contribution in [1.82, 2.24) is 13.9 Å². The minimum Gasteiger partial charge on any atom is -0.467 e. The van der Waals surface area contributed by atoms with Crippen LogP contribution in [0.5, 0.6) is 0 Å². The van der Waals surface area contributed by atoms with E-state index in [-0.39, 0.29) is 21.6 Å². The molecule has 0 N–H and O–H groups in total. The Bertz CT molecular complexity index is 1510. The number of fused-ring (bicyclic) bond motifs is 2. The van der Waals surface area contributed by atoms with Crippen LogP contribution in [0.15, 0.2) is 46.8 Å². The van der Waals surface area contributed by atoms with Gasteiger partial charge in [-0.15, -0.1) is 11.3 Å². The first-order chi connectivity index (χ1) is 15.8. The summed E-state index contributed by atoms with van der Waals surface area (Å²) in [5.74, 6) is -0.703. The number of nitrogens with zero attached hydrogens (tertiary/aromatic N) is 3. The summed E-state index contributed by atoms with van der Waals surface area (Å²) in [6.45, 7) is 2.44. The molecule has 0 bridgehead atoms. The Morgan fingerprint density at radius 3 is 2.53 bits per heavy atom. The second kappa shape index (κ2) is 8.32. The van der Waals surface area contributed by atoms with Crippen LogP contribution in [-0.2, 0) is 37.1 Å². The highest BCUT2D eigenvalue weighted by atomic mass is 32.2. The lowest BCUT2D eigenvalue weighted by molar-refractivity contribution is -0.166. The summed E-state index contributed by atoms with van der Waals surface area (Å²) in [6.07, 6.45) is -4.71. The summed E-state index contributed by atoms with van der Waals surface area (Å²) in [7, 11) is -3.11. The van der Waals surface area contributed by atoms with Gasteiger partial charge >= 0.3 is 12.1 Å². The Kier molecular flexibility index (Phi) is 5.90. The number of benzene rings is 1. The van der Waals surface area contributed by atoms with Crippen LogP contribution in [0, 0.1) is 0 Å². The fourth-order valence-electron chi connectivity index (χ4n) is 3.32. The van der Waals surface area contributed by atoms with Crippen LogP contribution in [0.4, 0.5) is 13.2 Å². The predicted molar refractivity (Wildman–Crippen MR) is 118 cm³/mol. The molecule has 0 aliphatic rings. The monoisotopic (exact) mass is 513 g/mol. The summed E-state index contributed by atoms with van der Waals surface area (Å²) in [5, 5.41) is 0. The molecule has 0 radical (unpaired) electrons. The van der Waals surface area contributed by atoms with Crippen LogP contribution >= 0.6 is 11.3 Å². The number of hydrogen-bond donors (Lipinski definition) is 0. The van der Waals surface area contributed by atoms with Gasteiger partial charge < -0.3 is 9.47 Å². The van der Waals surface area contributed by atoms with E-state index >= 15 is 0 Å². The third-order valence-electron chi connectivity index (χ3n) is 5.07. The summed E-state index contributed by atoms with van der Waals surface area (Å²) in [5.41, 5.74) is -0.680. The number of alkyl halides is 3. The van der Waals surface area contributed by atoms with Gasteiger partial charge in [-0.05, 0) is 50.2 Å². The molecule has 0 aliphatic carbocycles. The number of aromatic nitrogens is 3. The molecule has 0 fully saturated rings. The molecule has 13 heteroatoms. The van der Waals surface area contributed by atoms with Gasteiger partial charge in [-0.3, -0.25) is 0 Å². The van der Waals surface area contributed by atoms with Gasteiger partial charge in [0.05, 0.1) is 51.1 Å². The second-order valence-corrected chi connectivity index (χ2v) is 10.4. The van der Waals surface area contributed by atoms with Gasteiger partial charge in [-0.2, -0.15) is 13.2 Å². The van der Waals surface area contributed by atoms with Gasteiger partial charge in [0.15, 0.2) is 5.60 Å². The van der Waals surface area contributed by atoms with E-state index in [0.717, 1.165) is 10.0 Å². The molecule has 3 aromatic heterocycles. The quantitative estimate of drug-likeness (QED) is 0.353. The number of pyridine rings is 1. The lowest BCUT2D eigenvalue weighted by atomic mass is 10.1. The number of ether oxygens (including phenoxy) is 2. The third-order valence-corrected chi connectivity index (χ3v) is 7.63.